The molecule has 1 aliphatic heterocycles. The van der Waals surface area contributed by atoms with Crippen molar-refractivity contribution in [2.75, 3.05) is 19.7 Å². The Hall–Kier alpha value is -2.18. The molecular weight excluding hydrogens is 282 g/mol. The molecule has 116 valence electrons. The van der Waals surface area contributed by atoms with Crippen LogP contribution < -0.4 is 0 Å². The van der Waals surface area contributed by atoms with Gasteiger partial charge in [0.05, 0.1) is 12.2 Å². The van der Waals surface area contributed by atoms with Gasteiger partial charge in [-0.1, -0.05) is 12.1 Å². The van der Waals surface area contributed by atoms with Crippen molar-refractivity contribution < 1.29 is 14.6 Å². The monoisotopic (exact) mass is 301 g/mol. The summed E-state index contributed by atoms with van der Waals surface area (Å²) >= 11 is 0. The molecule has 1 aromatic heterocycles. The van der Waals surface area contributed by atoms with E-state index in [4.69, 9.17) is 9.84 Å². The fourth-order valence-electron chi connectivity index (χ4n) is 2.67. The number of ether oxygens (including phenoxy) is 1. The van der Waals surface area contributed by atoms with Crippen molar-refractivity contribution in [3.8, 4) is 0 Å². The zero-order valence-corrected chi connectivity index (χ0v) is 12.5. The fourth-order valence-corrected chi connectivity index (χ4v) is 2.67. The predicted octanol–water partition coefficient (Wildman–Crippen LogP) is 1.99. The van der Waals surface area contributed by atoms with E-state index < -0.39 is 5.97 Å². The first-order valence-corrected chi connectivity index (χ1v) is 7.29. The quantitative estimate of drug-likeness (QED) is 0.903. The van der Waals surface area contributed by atoms with Crippen molar-refractivity contribution >= 4 is 5.97 Å². The molecule has 2 heterocycles. The molecule has 6 nitrogen and oxygen atoms in total. The lowest BCUT2D eigenvalue weighted by molar-refractivity contribution is -0.0368. The largest absolute Gasteiger partial charge is 0.478 e. The van der Waals surface area contributed by atoms with Crippen molar-refractivity contribution in [1.82, 2.24) is 14.9 Å². The third-order valence-electron chi connectivity index (χ3n) is 3.76. The second-order valence-electron chi connectivity index (χ2n) is 5.55. The van der Waals surface area contributed by atoms with E-state index in [2.05, 4.69) is 14.9 Å². The highest BCUT2D eigenvalue weighted by Gasteiger charge is 2.24. The third kappa shape index (κ3) is 3.35. The summed E-state index contributed by atoms with van der Waals surface area (Å²) < 4.78 is 5.78. The minimum absolute atomic E-state index is 0.0647. The summed E-state index contributed by atoms with van der Waals surface area (Å²) in [5.41, 5.74) is 2.34. The van der Waals surface area contributed by atoms with Crippen molar-refractivity contribution in [3.63, 3.8) is 0 Å². The smallest absolute Gasteiger partial charge is 0.335 e. The molecule has 1 atom stereocenters. The van der Waals surface area contributed by atoms with Gasteiger partial charge < -0.3 is 14.8 Å². The highest BCUT2D eigenvalue weighted by molar-refractivity contribution is 5.87. The second kappa shape index (κ2) is 6.29. The van der Waals surface area contributed by atoms with Crippen LogP contribution in [0.2, 0.25) is 0 Å². The summed E-state index contributed by atoms with van der Waals surface area (Å²) in [7, 11) is 0. The van der Waals surface area contributed by atoms with Gasteiger partial charge in [0.25, 0.3) is 0 Å². The molecule has 3 rings (SSSR count). The van der Waals surface area contributed by atoms with Crippen LogP contribution in [0.25, 0.3) is 0 Å². The van der Waals surface area contributed by atoms with E-state index in [0.29, 0.717) is 18.7 Å². The Balaban J connectivity index is 1.67. The van der Waals surface area contributed by atoms with Gasteiger partial charge >= 0.3 is 5.97 Å². The van der Waals surface area contributed by atoms with Gasteiger partial charge in [-0.2, -0.15) is 0 Å². The second-order valence-corrected chi connectivity index (χ2v) is 5.55. The van der Waals surface area contributed by atoms with Gasteiger partial charge in [0.1, 0.15) is 11.9 Å². The maximum Gasteiger partial charge on any atom is 0.335 e. The Morgan fingerprint density at radius 2 is 2.41 bits per heavy atom. The fraction of sp³-hybridized carbons (Fsp3) is 0.375. The molecule has 1 aromatic carbocycles. The van der Waals surface area contributed by atoms with Crippen molar-refractivity contribution in [2.45, 2.75) is 19.6 Å². The first-order chi connectivity index (χ1) is 10.6. The highest BCUT2D eigenvalue weighted by atomic mass is 16.5. The molecule has 0 spiro atoms. The first kappa shape index (κ1) is 14.7. The van der Waals surface area contributed by atoms with E-state index >= 15 is 0 Å². The number of H-pyrrole nitrogens is 1. The number of nitrogens with zero attached hydrogens (tertiary/aromatic N) is 2. The number of nitrogens with one attached hydrogen (secondary N) is 1. The number of morpholine rings is 1. The van der Waals surface area contributed by atoms with Crippen LogP contribution in [0.5, 0.6) is 0 Å². The summed E-state index contributed by atoms with van der Waals surface area (Å²) in [6.45, 7) is 4.88. The molecule has 22 heavy (non-hydrogen) atoms. The molecule has 2 N–H and O–H groups in total. The summed E-state index contributed by atoms with van der Waals surface area (Å²) in [5.74, 6) is -0.0470. The van der Waals surface area contributed by atoms with Crippen LogP contribution in [0.15, 0.2) is 30.5 Å². The van der Waals surface area contributed by atoms with E-state index in [9.17, 15) is 4.79 Å². The zero-order chi connectivity index (χ0) is 15.5. The van der Waals surface area contributed by atoms with Gasteiger partial charge in [-0.15, -0.1) is 0 Å². The summed E-state index contributed by atoms with van der Waals surface area (Å²) in [4.78, 5) is 20.8. The number of hydrogen-bond donors (Lipinski definition) is 2. The molecule has 0 aliphatic carbocycles. The molecule has 1 fully saturated rings. The number of rotatable bonds is 4. The maximum atomic E-state index is 11.0. The lowest BCUT2D eigenvalue weighted by atomic mass is 10.1. The number of hydrogen-bond acceptors (Lipinski definition) is 4. The molecule has 6 heteroatoms. The number of carboxylic acids is 1. The van der Waals surface area contributed by atoms with Crippen LogP contribution >= 0.6 is 0 Å². The number of aryl methyl sites for hydroxylation is 1. The molecule has 1 saturated heterocycles. The van der Waals surface area contributed by atoms with Gasteiger partial charge in [0.2, 0.25) is 0 Å². The van der Waals surface area contributed by atoms with Crippen LogP contribution in [-0.4, -0.2) is 45.6 Å². The van der Waals surface area contributed by atoms with E-state index in [1.54, 1.807) is 24.4 Å². The number of carbonyl (C=O) groups is 1. The average molecular weight is 301 g/mol. The Kier molecular flexibility index (Phi) is 4.22. The third-order valence-corrected chi connectivity index (χ3v) is 3.76. The van der Waals surface area contributed by atoms with Crippen molar-refractivity contribution in [1.29, 1.82) is 0 Å². The standard InChI is InChI=1S/C16H19N3O3/c1-11-8-17-15(18-11)14-10-19(5-6-22-14)9-12-3-2-4-13(7-12)16(20)21/h2-4,7-8,14H,5-6,9-10H2,1H3,(H,17,18)(H,20,21)/t14-/m1/s1. The molecule has 0 amide bonds. The molecule has 0 bridgehead atoms. The topological polar surface area (TPSA) is 78.5 Å². The Labute approximate surface area is 128 Å². The Morgan fingerprint density at radius 1 is 1.55 bits per heavy atom. The number of carboxylic acid groups (broad SMARTS) is 1. The Morgan fingerprint density at radius 3 is 3.14 bits per heavy atom. The van der Waals surface area contributed by atoms with Crippen LogP contribution in [0.4, 0.5) is 0 Å². The predicted molar refractivity (Wildman–Crippen MR) is 80.7 cm³/mol. The normalized spacial score (nSPS) is 19.2. The first-order valence-electron chi connectivity index (χ1n) is 7.29. The van der Waals surface area contributed by atoms with Crippen LogP contribution in [0.3, 0.4) is 0 Å². The Bertz CT molecular complexity index is 668. The minimum Gasteiger partial charge on any atom is -0.478 e. The van der Waals surface area contributed by atoms with Gasteiger partial charge in [-0.05, 0) is 24.6 Å². The minimum atomic E-state index is -0.896. The summed E-state index contributed by atoms with van der Waals surface area (Å²) in [6.07, 6.45) is 1.73. The van der Waals surface area contributed by atoms with Crippen LogP contribution in [0.1, 0.15) is 33.5 Å². The average Bonchev–Trinajstić information content (AvgIpc) is 2.94. The molecule has 0 saturated carbocycles. The SMILES string of the molecule is Cc1cnc([C@H]2CN(Cc3cccc(C(=O)O)c3)CCO2)[nH]1. The van der Waals surface area contributed by atoms with E-state index in [1.807, 2.05) is 13.0 Å². The maximum absolute atomic E-state index is 11.0. The van der Waals surface area contributed by atoms with Crippen LogP contribution in [0, 0.1) is 6.92 Å². The lowest BCUT2D eigenvalue weighted by Crippen LogP contribution is -2.38. The zero-order valence-electron chi connectivity index (χ0n) is 12.5. The van der Waals surface area contributed by atoms with Crippen LogP contribution in [-0.2, 0) is 11.3 Å². The molecular formula is C16H19N3O3. The van der Waals surface area contributed by atoms with E-state index in [1.165, 1.54) is 0 Å². The van der Waals surface area contributed by atoms with Gasteiger partial charge in [-0.3, -0.25) is 4.90 Å². The van der Waals surface area contributed by atoms with E-state index in [-0.39, 0.29) is 6.10 Å². The van der Waals surface area contributed by atoms with Gasteiger partial charge in [0.15, 0.2) is 0 Å². The summed E-state index contributed by atoms with van der Waals surface area (Å²) in [6, 6.07) is 7.07. The number of aromatic nitrogens is 2. The van der Waals surface area contributed by atoms with E-state index in [0.717, 1.165) is 30.2 Å². The molecule has 0 radical (unpaired) electrons. The van der Waals surface area contributed by atoms with Crippen molar-refractivity contribution in [2.24, 2.45) is 0 Å². The van der Waals surface area contributed by atoms with Crippen molar-refractivity contribution in [3.05, 3.63) is 53.1 Å². The van der Waals surface area contributed by atoms with Gasteiger partial charge in [-0.25, -0.2) is 9.78 Å². The number of aromatic carboxylic acids is 1. The lowest BCUT2D eigenvalue weighted by Gasteiger charge is -2.32. The number of benzene rings is 1. The summed E-state index contributed by atoms with van der Waals surface area (Å²) in [5, 5.41) is 9.06. The highest BCUT2D eigenvalue weighted by Crippen LogP contribution is 2.21. The van der Waals surface area contributed by atoms with Gasteiger partial charge in [0, 0.05) is 31.5 Å². The number of aromatic amines is 1. The molecule has 2 aromatic rings. The molecule has 0 unspecified atom stereocenters. The number of imidazole rings is 1. The molecule has 1 aliphatic rings.